The van der Waals surface area contributed by atoms with Crippen LogP contribution in [0.1, 0.15) is 18.1 Å². The number of urea groups is 1. The molecule has 0 radical (unpaired) electrons. The summed E-state index contributed by atoms with van der Waals surface area (Å²) >= 11 is 7.94. The Morgan fingerprint density at radius 1 is 1.05 bits per heavy atom. The van der Waals surface area contributed by atoms with Crippen molar-refractivity contribution in [1.82, 2.24) is 5.32 Å². The number of nitrogens with one attached hydrogen (secondary N) is 2. The lowest BCUT2D eigenvalue weighted by molar-refractivity contribution is -0.122. The number of carbonyl (C=O) groups excluding carboxylic acids is 4. The van der Waals surface area contributed by atoms with Gasteiger partial charge in [-0.1, -0.05) is 29.3 Å². The molecule has 1 aliphatic rings. The summed E-state index contributed by atoms with van der Waals surface area (Å²) in [4.78, 5) is 51.5. The van der Waals surface area contributed by atoms with E-state index in [1.54, 1.807) is 31.2 Å². The van der Waals surface area contributed by atoms with E-state index >= 15 is 0 Å². The molecule has 1 saturated heterocycles. The minimum absolute atomic E-state index is 0.242. The lowest BCUT2D eigenvalue weighted by Gasteiger charge is -2.26. The van der Waals surface area contributed by atoms with Gasteiger partial charge in [0.25, 0.3) is 17.7 Å². The Balaban J connectivity index is 1.57. The van der Waals surface area contributed by atoms with Crippen molar-refractivity contribution in [3.8, 4) is 11.5 Å². The molecule has 1 fully saturated rings. The number of hydrogen-bond acceptors (Lipinski definition) is 6. The number of imide groups is 2. The second-order valence-electron chi connectivity index (χ2n) is 8.40. The zero-order chi connectivity index (χ0) is 28.1. The SMILES string of the molecule is CCOc1cc(/C=C2\C(=O)NC(=O)N(c3ccc(Cl)cc3)C2=O)cc(I)c1OCC(=O)Nc1ccc(C)cc1. The first-order chi connectivity index (χ1) is 18.7. The first-order valence-electron chi connectivity index (χ1n) is 11.8. The molecule has 200 valence electrons. The summed E-state index contributed by atoms with van der Waals surface area (Å²) in [7, 11) is 0. The molecule has 0 saturated carbocycles. The minimum atomic E-state index is -0.860. The molecule has 0 spiro atoms. The van der Waals surface area contributed by atoms with E-state index in [1.165, 1.54) is 30.3 Å². The van der Waals surface area contributed by atoms with Crippen molar-refractivity contribution < 1.29 is 28.7 Å². The highest BCUT2D eigenvalue weighted by molar-refractivity contribution is 14.1. The van der Waals surface area contributed by atoms with E-state index in [9.17, 15) is 19.2 Å². The van der Waals surface area contributed by atoms with Gasteiger partial charge >= 0.3 is 6.03 Å². The van der Waals surface area contributed by atoms with Crippen LogP contribution in [0.3, 0.4) is 0 Å². The molecule has 0 bridgehead atoms. The Morgan fingerprint density at radius 3 is 2.41 bits per heavy atom. The van der Waals surface area contributed by atoms with Crippen molar-refractivity contribution in [2.75, 3.05) is 23.4 Å². The van der Waals surface area contributed by atoms with E-state index in [1.807, 2.05) is 41.6 Å². The summed E-state index contributed by atoms with van der Waals surface area (Å²) in [5.41, 5.74) is 2.21. The van der Waals surface area contributed by atoms with E-state index in [2.05, 4.69) is 10.6 Å². The van der Waals surface area contributed by atoms with E-state index in [0.29, 0.717) is 37.9 Å². The van der Waals surface area contributed by atoms with Crippen LogP contribution in [-0.2, 0) is 14.4 Å². The smallest absolute Gasteiger partial charge is 0.335 e. The third-order valence-electron chi connectivity index (χ3n) is 5.51. The highest BCUT2D eigenvalue weighted by atomic mass is 127. The number of carbonyl (C=O) groups is 4. The van der Waals surface area contributed by atoms with Gasteiger partial charge in [-0.2, -0.15) is 0 Å². The summed E-state index contributed by atoms with van der Waals surface area (Å²) in [6.07, 6.45) is 1.37. The molecule has 0 aromatic heterocycles. The highest BCUT2D eigenvalue weighted by Crippen LogP contribution is 2.35. The summed E-state index contributed by atoms with van der Waals surface area (Å²) in [5.74, 6) is -1.28. The number of rotatable bonds is 8. The minimum Gasteiger partial charge on any atom is -0.490 e. The van der Waals surface area contributed by atoms with Crippen molar-refractivity contribution >= 4 is 75.4 Å². The van der Waals surface area contributed by atoms with Gasteiger partial charge in [0, 0.05) is 10.7 Å². The number of barbiturate groups is 1. The van der Waals surface area contributed by atoms with Gasteiger partial charge in [0.1, 0.15) is 5.57 Å². The van der Waals surface area contributed by atoms with Gasteiger partial charge in [0.2, 0.25) is 0 Å². The van der Waals surface area contributed by atoms with Crippen LogP contribution in [0.5, 0.6) is 11.5 Å². The maximum atomic E-state index is 13.2. The van der Waals surface area contributed by atoms with E-state index in [0.717, 1.165) is 10.5 Å². The average molecular weight is 660 g/mol. The maximum absolute atomic E-state index is 13.2. The molecule has 1 heterocycles. The second kappa shape index (κ2) is 12.3. The van der Waals surface area contributed by atoms with Crippen LogP contribution in [0.15, 0.2) is 66.2 Å². The van der Waals surface area contributed by atoms with Gasteiger partial charge in [-0.3, -0.25) is 19.7 Å². The third-order valence-corrected chi connectivity index (χ3v) is 6.57. The lowest BCUT2D eigenvalue weighted by atomic mass is 10.1. The lowest BCUT2D eigenvalue weighted by Crippen LogP contribution is -2.54. The molecular weight excluding hydrogens is 637 g/mol. The fourth-order valence-corrected chi connectivity index (χ4v) is 4.60. The Morgan fingerprint density at radius 2 is 1.74 bits per heavy atom. The molecular formula is C28H23ClIN3O6. The molecule has 2 N–H and O–H groups in total. The fraction of sp³-hybridized carbons (Fsp3) is 0.143. The summed E-state index contributed by atoms with van der Waals surface area (Å²) in [6.45, 7) is 3.79. The van der Waals surface area contributed by atoms with Gasteiger partial charge in [-0.05, 0) is 96.6 Å². The van der Waals surface area contributed by atoms with Crippen LogP contribution < -0.4 is 25.0 Å². The Bertz CT molecular complexity index is 1470. The molecule has 0 aliphatic carbocycles. The van der Waals surface area contributed by atoms with E-state index < -0.39 is 17.8 Å². The van der Waals surface area contributed by atoms with E-state index in [-0.39, 0.29) is 23.8 Å². The number of benzene rings is 3. The van der Waals surface area contributed by atoms with Gasteiger partial charge in [0.15, 0.2) is 18.1 Å². The van der Waals surface area contributed by atoms with E-state index in [4.69, 9.17) is 21.1 Å². The van der Waals surface area contributed by atoms with Crippen molar-refractivity contribution in [3.05, 3.63) is 86.0 Å². The largest absolute Gasteiger partial charge is 0.490 e. The van der Waals surface area contributed by atoms with Crippen LogP contribution >= 0.6 is 34.2 Å². The molecule has 3 aromatic carbocycles. The van der Waals surface area contributed by atoms with Crippen molar-refractivity contribution in [3.63, 3.8) is 0 Å². The molecule has 0 unspecified atom stereocenters. The highest BCUT2D eigenvalue weighted by Gasteiger charge is 2.36. The Labute approximate surface area is 243 Å². The monoisotopic (exact) mass is 659 g/mol. The molecule has 0 atom stereocenters. The van der Waals surface area contributed by atoms with Gasteiger partial charge in [0.05, 0.1) is 15.9 Å². The number of hydrogen-bond donors (Lipinski definition) is 2. The zero-order valence-electron chi connectivity index (χ0n) is 20.9. The average Bonchev–Trinajstić information content (AvgIpc) is 2.88. The van der Waals surface area contributed by atoms with Crippen LogP contribution in [0.2, 0.25) is 5.02 Å². The number of anilines is 2. The van der Waals surface area contributed by atoms with Crippen LogP contribution in [-0.4, -0.2) is 37.0 Å². The summed E-state index contributed by atoms with van der Waals surface area (Å²) < 4.78 is 12.1. The van der Waals surface area contributed by atoms with Crippen molar-refractivity contribution in [2.45, 2.75) is 13.8 Å². The quantitative estimate of drug-likeness (QED) is 0.192. The van der Waals surface area contributed by atoms with Crippen molar-refractivity contribution in [1.29, 1.82) is 0 Å². The Kier molecular flexibility index (Phi) is 8.87. The molecule has 39 heavy (non-hydrogen) atoms. The first kappa shape index (κ1) is 28.1. The molecule has 3 aromatic rings. The molecule has 9 nitrogen and oxygen atoms in total. The predicted molar refractivity (Wildman–Crippen MR) is 156 cm³/mol. The Hall–Kier alpha value is -3.90. The van der Waals surface area contributed by atoms with Crippen molar-refractivity contribution in [2.24, 2.45) is 0 Å². The van der Waals surface area contributed by atoms with Gasteiger partial charge in [-0.15, -0.1) is 0 Å². The van der Waals surface area contributed by atoms with Crippen LogP contribution in [0, 0.1) is 10.5 Å². The standard InChI is InChI=1S/C28H23ClIN3O6/c1-3-38-23-14-17(13-22(30)25(23)39-15-24(34)31-19-8-4-16(2)5-9-19)12-21-26(35)32-28(37)33(27(21)36)20-10-6-18(29)7-11-20/h4-14H,3,15H2,1-2H3,(H,31,34)(H,32,35,37)/b21-12+. The predicted octanol–water partition coefficient (Wildman–Crippen LogP) is 5.34. The molecule has 4 rings (SSSR count). The summed E-state index contributed by atoms with van der Waals surface area (Å²) in [6, 6.07) is 15.9. The molecule has 5 amide bonds. The normalized spacial score (nSPS) is 14.3. The van der Waals surface area contributed by atoms with Crippen LogP contribution in [0.4, 0.5) is 16.2 Å². The number of halogens is 2. The van der Waals surface area contributed by atoms with Crippen LogP contribution in [0.25, 0.3) is 6.08 Å². The second-order valence-corrected chi connectivity index (χ2v) is 10.00. The maximum Gasteiger partial charge on any atom is 0.335 e. The summed E-state index contributed by atoms with van der Waals surface area (Å²) in [5, 5.41) is 5.39. The number of ether oxygens (including phenoxy) is 2. The number of amides is 5. The van der Waals surface area contributed by atoms with Gasteiger partial charge in [-0.25, -0.2) is 9.69 Å². The number of aryl methyl sites for hydroxylation is 1. The fourth-order valence-electron chi connectivity index (χ4n) is 3.69. The zero-order valence-corrected chi connectivity index (χ0v) is 23.8. The topological polar surface area (TPSA) is 114 Å². The number of nitrogens with zero attached hydrogens (tertiary/aromatic N) is 1. The third kappa shape index (κ3) is 6.76. The van der Waals surface area contributed by atoms with Gasteiger partial charge < -0.3 is 14.8 Å². The molecule has 1 aliphatic heterocycles. The first-order valence-corrected chi connectivity index (χ1v) is 13.2. The molecule has 11 heteroatoms.